The molecular formula is C16H22N2O3. The standard InChI is InChI=1S/C16H22N2O3/c19-11-16(6-9-21-10-7-16)18-15(20)14-13-4-2-1-3-12(13)5-8-17-14/h1-4,14,17,19H,5-11H2,(H,18,20). The van der Waals surface area contributed by atoms with E-state index in [-0.39, 0.29) is 18.6 Å². The van der Waals surface area contributed by atoms with Gasteiger partial charge in [0.05, 0.1) is 12.1 Å². The lowest BCUT2D eigenvalue weighted by Crippen LogP contribution is -2.57. The topological polar surface area (TPSA) is 70.6 Å². The summed E-state index contributed by atoms with van der Waals surface area (Å²) in [7, 11) is 0. The van der Waals surface area contributed by atoms with Crippen molar-refractivity contribution in [2.24, 2.45) is 0 Å². The lowest BCUT2D eigenvalue weighted by Gasteiger charge is -2.38. The molecule has 1 atom stereocenters. The Balaban J connectivity index is 1.77. The van der Waals surface area contributed by atoms with Gasteiger partial charge in [-0.05, 0) is 30.4 Å². The van der Waals surface area contributed by atoms with E-state index in [0.29, 0.717) is 26.1 Å². The maximum atomic E-state index is 12.7. The summed E-state index contributed by atoms with van der Waals surface area (Å²) < 4.78 is 5.33. The summed E-state index contributed by atoms with van der Waals surface area (Å²) in [4.78, 5) is 12.7. The van der Waals surface area contributed by atoms with Gasteiger partial charge >= 0.3 is 0 Å². The maximum Gasteiger partial charge on any atom is 0.242 e. The highest BCUT2D eigenvalue weighted by atomic mass is 16.5. The summed E-state index contributed by atoms with van der Waals surface area (Å²) in [5.41, 5.74) is 1.73. The maximum absolute atomic E-state index is 12.7. The quantitative estimate of drug-likeness (QED) is 0.759. The molecule has 114 valence electrons. The van der Waals surface area contributed by atoms with Gasteiger partial charge in [-0.25, -0.2) is 0 Å². The first kappa shape index (κ1) is 14.5. The van der Waals surface area contributed by atoms with Crippen molar-refractivity contribution < 1.29 is 14.6 Å². The third kappa shape index (κ3) is 2.95. The van der Waals surface area contributed by atoms with Gasteiger partial charge in [-0.1, -0.05) is 24.3 Å². The fourth-order valence-electron chi connectivity index (χ4n) is 3.16. The van der Waals surface area contributed by atoms with Crippen LogP contribution in [0.3, 0.4) is 0 Å². The van der Waals surface area contributed by atoms with Crippen LogP contribution >= 0.6 is 0 Å². The average molecular weight is 290 g/mol. The van der Waals surface area contributed by atoms with Gasteiger partial charge in [0, 0.05) is 19.8 Å². The van der Waals surface area contributed by atoms with Crippen molar-refractivity contribution >= 4 is 5.91 Å². The number of aliphatic hydroxyl groups excluding tert-OH is 1. The number of nitrogens with one attached hydrogen (secondary N) is 2. The van der Waals surface area contributed by atoms with Gasteiger partial charge in [0.25, 0.3) is 0 Å². The van der Waals surface area contributed by atoms with Crippen LogP contribution in [-0.4, -0.2) is 42.9 Å². The van der Waals surface area contributed by atoms with E-state index in [4.69, 9.17) is 4.74 Å². The van der Waals surface area contributed by atoms with Crippen LogP contribution in [-0.2, 0) is 16.0 Å². The molecular weight excluding hydrogens is 268 g/mol. The van der Waals surface area contributed by atoms with Gasteiger partial charge in [0.1, 0.15) is 6.04 Å². The summed E-state index contributed by atoms with van der Waals surface area (Å²) >= 11 is 0. The van der Waals surface area contributed by atoms with Crippen LogP contribution in [0.4, 0.5) is 0 Å². The van der Waals surface area contributed by atoms with E-state index in [1.54, 1.807) is 0 Å². The van der Waals surface area contributed by atoms with Crippen molar-refractivity contribution in [2.75, 3.05) is 26.4 Å². The molecule has 1 amide bonds. The molecule has 5 nitrogen and oxygen atoms in total. The van der Waals surface area contributed by atoms with Crippen LogP contribution in [0.15, 0.2) is 24.3 Å². The first-order valence-corrected chi connectivity index (χ1v) is 7.56. The van der Waals surface area contributed by atoms with Gasteiger partial charge in [0.2, 0.25) is 5.91 Å². The molecule has 21 heavy (non-hydrogen) atoms. The predicted octanol–water partition coefficient (Wildman–Crippen LogP) is 0.531. The van der Waals surface area contributed by atoms with Crippen LogP contribution in [0.25, 0.3) is 0 Å². The number of aliphatic hydroxyl groups is 1. The highest BCUT2D eigenvalue weighted by molar-refractivity contribution is 5.84. The number of amides is 1. The minimum atomic E-state index is -0.538. The number of hydrogen-bond acceptors (Lipinski definition) is 4. The predicted molar refractivity (Wildman–Crippen MR) is 78.9 cm³/mol. The summed E-state index contributed by atoms with van der Waals surface area (Å²) in [5, 5.41) is 16.0. The Kier molecular flexibility index (Phi) is 4.24. The van der Waals surface area contributed by atoms with Crippen molar-refractivity contribution in [3.05, 3.63) is 35.4 Å². The van der Waals surface area contributed by atoms with E-state index < -0.39 is 5.54 Å². The summed E-state index contributed by atoms with van der Waals surface area (Å²) in [6.45, 7) is 1.91. The van der Waals surface area contributed by atoms with Crippen molar-refractivity contribution in [1.29, 1.82) is 0 Å². The number of rotatable bonds is 3. The van der Waals surface area contributed by atoms with E-state index in [1.165, 1.54) is 5.56 Å². The SMILES string of the molecule is O=C(NC1(CO)CCOCC1)C1NCCc2ccccc21. The zero-order chi connectivity index (χ0) is 14.7. The molecule has 1 aromatic rings. The molecule has 1 fully saturated rings. The minimum Gasteiger partial charge on any atom is -0.394 e. The van der Waals surface area contributed by atoms with E-state index in [9.17, 15) is 9.90 Å². The Bertz CT molecular complexity index is 512. The van der Waals surface area contributed by atoms with Crippen molar-refractivity contribution in [3.63, 3.8) is 0 Å². The van der Waals surface area contributed by atoms with Crippen molar-refractivity contribution in [1.82, 2.24) is 10.6 Å². The lowest BCUT2D eigenvalue weighted by atomic mass is 9.89. The monoisotopic (exact) mass is 290 g/mol. The molecule has 1 unspecified atom stereocenters. The third-order valence-electron chi connectivity index (χ3n) is 4.51. The Morgan fingerprint density at radius 3 is 2.90 bits per heavy atom. The van der Waals surface area contributed by atoms with Gasteiger partial charge in [-0.2, -0.15) is 0 Å². The first-order chi connectivity index (χ1) is 10.2. The fraction of sp³-hybridized carbons (Fsp3) is 0.562. The number of hydrogen-bond donors (Lipinski definition) is 3. The second kappa shape index (κ2) is 6.13. The second-order valence-corrected chi connectivity index (χ2v) is 5.88. The Morgan fingerprint density at radius 2 is 2.14 bits per heavy atom. The van der Waals surface area contributed by atoms with Gasteiger partial charge in [0.15, 0.2) is 0 Å². The zero-order valence-electron chi connectivity index (χ0n) is 12.1. The lowest BCUT2D eigenvalue weighted by molar-refractivity contribution is -0.127. The Hall–Kier alpha value is -1.43. The molecule has 2 aliphatic rings. The summed E-state index contributed by atoms with van der Waals surface area (Å²) in [5.74, 6) is -0.0573. The van der Waals surface area contributed by atoms with Crippen LogP contribution in [0.5, 0.6) is 0 Å². The number of fused-ring (bicyclic) bond motifs is 1. The van der Waals surface area contributed by atoms with Crippen LogP contribution in [0.1, 0.15) is 30.0 Å². The first-order valence-electron chi connectivity index (χ1n) is 7.56. The van der Waals surface area contributed by atoms with E-state index >= 15 is 0 Å². The highest BCUT2D eigenvalue weighted by Gasteiger charge is 2.36. The molecule has 0 aromatic heterocycles. The molecule has 1 saturated heterocycles. The molecule has 0 aliphatic carbocycles. The Labute approximate surface area is 124 Å². The fourth-order valence-corrected chi connectivity index (χ4v) is 3.16. The molecule has 3 rings (SSSR count). The van der Waals surface area contributed by atoms with Gasteiger partial charge in [-0.3, -0.25) is 4.79 Å². The van der Waals surface area contributed by atoms with Crippen molar-refractivity contribution in [2.45, 2.75) is 30.8 Å². The van der Waals surface area contributed by atoms with Crippen LogP contribution < -0.4 is 10.6 Å². The molecule has 2 heterocycles. The molecule has 3 N–H and O–H groups in total. The smallest absolute Gasteiger partial charge is 0.242 e. The summed E-state index contributed by atoms with van der Waals surface area (Å²) in [6.07, 6.45) is 2.26. The van der Waals surface area contributed by atoms with Gasteiger partial charge in [-0.15, -0.1) is 0 Å². The molecule has 1 aromatic carbocycles. The minimum absolute atomic E-state index is 0.0452. The average Bonchev–Trinajstić information content (AvgIpc) is 2.55. The molecule has 0 saturated carbocycles. The number of benzene rings is 1. The Morgan fingerprint density at radius 1 is 1.38 bits per heavy atom. The van der Waals surface area contributed by atoms with Crippen molar-refractivity contribution in [3.8, 4) is 0 Å². The summed E-state index contributed by atoms with van der Waals surface area (Å²) in [6, 6.07) is 7.71. The molecule has 5 heteroatoms. The van der Waals surface area contributed by atoms with E-state index in [1.807, 2.05) is 18.2 Å². The zero-order valence-corrected chi connectivity index (χ0v) is 12.1. The molecule has 0 radical (unpaired) electrons. The van der Waals surface area contributed by atoms with E-state index in [0.717, 1.165) is 18.5 Å². The molecule has 0 bridgehead atoms. The molecule has 0 spiro atoms. The third-order valence-corrected chi connectivity index (χ3v) is 4.51. The molecule has 2 aliphatic heterocycles. The van der Waals surface area contributed by atoms with Crippen LogP contribution in [0.2, 0.25) is 0 Å². The number of ether oxygens (including phenoxy) is 1. The van der Waals surface area contributed by atoms with E-state index in [2.05, 4.69) is 16.7 Å². The number of carbonyl (C=O) groups excluding carboxylic acids is 1. The highest BCUT2D eigenvalue weighted by Crippen LogP contribution is 2.25. The second-order valence-electron chi connectivity index (χ2n) is 5.88. The normalized spacial score (nSPS) is 24.1. The largest absolute Gasteiger partial charge is 0.394 e. The van der Waals surface area contributed by atoms with Gasteiger partial charge < -0.3 is 20.5 Å². The number of carbonyl (C=O) groups is 1. The van der Waals surface area contributed by atoms with Crippen LogP contribution in [0, 0.1) is 0 Å².